The molecule has 0 fully saturated rings. The third-order valence-electron chi connectivity index (χ3n) is 3.14. The second kappa shape index (κ2) is 3.94. The lowest BCUT2D eigenvalue weighted by Gasteiger charge is -2.00. The summed E-state index contributed by atoms with van der Waals surface area (Å²) in [4.78, 5) is 12.1. The monoisotopic (exact) mass is 241 g/mol. The van der Waals surface area contributed by atoms with Gasteiger partial charge >= 0.3 is 0 Å². The highest BCUT2D eigenvalue weighted by Gasteiger charge is 2.11. The second-order valence-corrected chi connectivity index (χ2v) is 4.44. The van der Waals surface area contributed by atoms with Gasteiger partial charge in [0.15, 0.2) is 5.65 Å². The minimum absolute atomic E-state index is 0.773. The Morgan fingerprint density at radius 1 is 1.28 bits per heavy atom. The zero-order valence-electron chi connectivity index (χ0n) is 10.7. The van der Waals surface area contributed by atoms with Crippen molar-refractivity contribution in [1.29, 1.82) is 0 Å². The van der Waals surface area contributed by atoms with Crippen molar-refractivity contribution in [2.24, 2.45) is 0 Å². The van der Waals surface area contributed by atoms with Crippen molar-refractivity contribution in [3.63, 3.8) is 0 Å². The van der Waals surface area contributed by atoms with E-state index in [2.05, 4.69) is 38.1 Å². The number of aromatic amines is 2. The zero-order chi connectivity index (χ0) is 12.7. The van der Waals surface area contributed by atoms with Crippen LogP contribution in [0.4, 0.5) is 0 Å². The maximum atomic E-state index is 4.41. The minimum atomic E-state index is 0.773. The highest BCUT2D eigenvalue weighted by molar-refractivity contribution is 5.79. The molecule has 5 nitrogen and oxygen atoms in total. The summed E-state index contributed by atoms with van der Waals surface area (Å²) in [5, 5.41) is 7.21. The first-order valence-corrected chi connectivity index (χ1v) is 6.05. The number of nitrogens with zero attached hydrogens (tertiary/aromatic N) is 3. The number of H-pyrrole nitrogens is 2. The van der Waals surface area contributed by atoms with Crippen molar-refractivity contribution >= 4 is 11.2 Å². The molecule has 0 atom stereocenters. The fourth-order valence-corrected chi connectivity index (χ4v) is 2.23. The van der Waals surface area contributed by atoms with E-state index in [-0.39, 0.29) is 0 Å². The summed E-state index contributed by atoms with van der Waals surface area (Å²) in [5.74, 6) is 0.968. The standard InChI is InChI=1S/C13H15N5/c1-4-11-15-10-5-9(6-14-13(10)16-11)12-7(2)17-18-8(12)3/h5-6H,4H2,1-3H3,(H,17,18)(H,14,15,16). The largest absolute Gasteiger partial charge is 0.341 e. The van der Waals surface area contributed by atoms with Gasteiger partial charge in [-0.2, -0.15) is 5.10 Å². The molecule has 0 radical (unpaired) electrons. The Morgan fingerprint density at radius 3 is 2.78 bits per heavy atom. The maximum absolute atomic E-state index is 4.41. The molecule has 0 aliphatic heterocycles. The van der Waals surface area contributed by atoms with Crippen molar-refractivity contribution in [2.75, 3.05) is 0 Å². The van der Waals surface area contributed by atoms with Crippen LogP contribution in [0.1, 0.15) is 24.1 Å². The number of aromatic nitrogens is 5. The summed E-state index contributed by atoms with van der Waals surface area (Å²) < 4.78 is 0. The van der Waals surface area contributed by atoms with Gasteiger partial charge in [0.25, 0.3) is 0 Å². The van der Waals surface area contributed by atoms with Gasteiger partial charge in [0.2, 0.25) is 0 Å². The second-order valence-electron chi connectivity index (χ2n) is 4.44. The molecule has 5 heteroatoms. The summed E-state index contributed by atoms with van der Waals surface area (Å²) in [6.45, 7) is 6.08. The van der Waals surface area contributed by atoms with Gasteiger partial charge in [0, 0.05) is 29.4 Å². The molecule has 3 aromatic heterocycles. The van der Waals surface area contributed by atoms with E-state index in [1.165, 1.54) is 0 Å². The van der Waals surface area contributed by atoms with Crippen molar-refractivity contribution in [1.82, 2.24) is 25.1 Å². The third kappa shape index (κ3) is 1.59. The molecule has 3 heterocycles. The Kier molecular flexibility index (Phi) is 2.40. The quantitative estimate of drug-likeness (QED) is 0.724. The summed E-state index contributed by atoms with van der Waals surface area (Å²) in [7, 11) is 0. The molecule has 0 amide bonds. The lowest BCUT2D eigenvalue weighted by molar-refractivity contribution is 0.997. The SMILES string of the molecule is CCc1nc2ncc(-c3c(C)n[nH]c3C)cc2[nH]1. The molecule has 3 rings (SSSR count). The van der Waals surface area contributed by atoms with E-state index in [1.807, 2.05) is 20.0 Å². The average Bonchev–Trinajstić information content (AvgIpc) is 2.92. The van der Waals surface area contributed by atoms with E-state index in [4.69, 9.17) is 0 Å². The molecule has 0 bridgehead atoms. The van der Waals surface area contributed by atoms with Gasteiger partial charge in [-0.25, -0.2) is 9.97 Å². The number of hydrogen-bond acceptors (Lipinski definition) is 3. The number of rotatable bonds is 2. The lowest BCUT2D eigenvalue weighted by atomic mass is 10.1. The van der Waals surface area contributed by atoms with Crippen LogP contribution in [0.25, 0.3) is 22.3 Å². The van der Waals surface area contributed by atoms with E-state index in [0.29, 0.717) is 0 Å². The third-order valence-corrected chi connectivity index (χ3v) is 3.14. The van der Waals surface area contributed by atoms with Crippen molar-refractivity contribution in [3.05, 3.63) is 29.5 Å². The number of pyridine rings is 1. The van der Waals surface area contributed by atoms with Crippen LogP contribution >= 0.6 is 0 Å². The predicted octanol–water partition coefficient (Wildman–Crippen LogP) is 2.53. The topological polar surface area (TPSA) is 70.2 Å². The fourth-order valence-electron chi connectivity index (χ4n) is 2.23. The minimum Gasteiger partial charge on any atom is -0.341 e. The van der Waals surface area contributed by atoms with E-state index >= 15 is 0 Å². The number of nitrogens with one attached hydrogen (secondary N) is 2. The first kappa shape index (κ1) is 11.0. The number of imidazole rings is 1. The molecule has 0 unspecified atom stereocenters. The molecule has 0 aromatic carbocycles. The highest BCUT2D eigenvalue weighted by atomic mass is 15.1. The number of aryl methyl sites for hydroxylation is 3. The Hall–Kier alpha value is -2.17. The predicted molar refractivity (Wildman–Crippen MR) is 70.3 cm³/mol. The molecule has 0 saturated carbocycles. The maximum Gasteiger partial charge on any atom is 0.177 e. The van der Waals surface area contributed by atoms with Crippen LogP contribution in [0.3, 0.4) is 0 Å². The van der Waals surface area contributed by atoms with E-state index < -0.39 is 0 Å². The van der Waals surface area contributed by atoms with Gasteiger partial charge in [0.1, 0.15) is 5.82 Å². The van der Waals surface area contributed by atoms with E-state index in [9.17, 15) is 0 Å². The number of fused-ring (bicyclic) bond motifs is 1. The summed E-state index contributed by atoms with van der Waals surface area (Å²) in [5.41, 5.74) is 5.99. The zero-order valence-corrected chi connectivity index (χ0v) is 10.7. The van der Waals surface area contributed by atoms with E-state index in [0.717, 1.165) is 45.9 Å². The molecule has 18 heavy (non-hydrogen) atoms. The lowest BCUT2D eigenvalue weighted by Crippen LogP contribution is -1.85. The van der Waals surface area contributed by atoms with Gasteiger partial charge in [-0.05, 0) is 19.9 Å². The molecular weight excluding hydrogens is 226 g/mol. The van der Waals surface area contributed by atoms with Crippen molar-refractivity contribution < 1.29 is 0 Å². The molecule has 2 N–H and O–H groups in total. The molecule has 92 valence electrons. The van der Waals surface area contributed by atoms with Crippen LogP contribution < -0.4 is 0 Å². The van der Waals surface area contributed by atoms with Crippen LogP contribution in [-0.2, 0) is 6.42 Å². The average molecular weight is 241 g/mol. The van der Waals surface area contributed by atoms with Crippen LogP contribution in [0, 0.1) is 13.8 Å². The van der Waals surface area contributed by atoms with Gasteiger partial charge in [-0.3, -0.25) is 5.10 Å². The Morgan fingerprint density at radius 2 is 2.11 bits per heavy atom. The number of hydrogen-bond donors (Lipinski definition) is 2. The Bertz CT molecular complexity index is 688. The fraction of sp³-hybridized carbons (Fsp3) is 0.308. The smallest absolute Gasteiger partial charge is 0.177 e. The molecule has 0 saturated heterocycles. The van der Waals surface area contributed by atoms with Crippen LogP contribution in [0.2, 0.25) is 0 Å². The van der Waals surface area contributed by atoms with Crippen molar-refractivity contribution in [2.45, 2.75) is 27.2 Å². The normalized spacial score (nSPS) is 11.3. The van der Waals surface area contributed by atoms with Crippen molar-refractivity contribution in [3.8, 4) is 11.1 Å². The first-order valence-electron chi connectivity index (χ1n) is 6.05. The van der Waals surface area contributed by atoms with Gasteiger partial charge in [0.05, 0.1) is 11.2 Å². The van der Waals surface area contributed by atoms with Gasteiger partial charge in [-0.15, -0.1) is 0 Å². The van der Waals surface area contributed by atoms with E-state index in [1.54, 1.807) is 0 Å². The molecule has 0 aliphatic rings. The Balaban J connectivity index is 2.19. The summed E-state index contributed by atoms with van der Waals surface area (Å²) in [6, 6.07) is 2.08. The Labute approximate surface area is 105 Å². The molecule has 3 aromatic rings. The van der Waals surface area contributed by atoms with Gasteiger partial charge in [-0.1, -0.05) is 6.92 Å². The van der Waals surface area contributed by atoms with Gasteiger partial charge < -0.3 is 4.98 Å². The van der Waals surface area contributed by atoms with Crippen LogP contribution in [0.5, 0.6) is 0 Å². The summed E-state index contributed by atoms with van der Waals surface area (Å²) >= 11 is 0. The highest BCUT2D eigenvalue weighted by Crippen LogP contribution is 2.26. The van der Waals surface area contributed by atoms with Crippen LogP contribution in [0.15, 0.2) is 12.3 Å². The summed E-state index contributed by atoms with van der Waals surface area (Å²) in [6.07, 6.45) is 2.74. The molecule has 0 aliphatic carbocycles. The first-order chi connectivity index (χ1) is 8.69. The van der Waals surface area contributed by atoms with Crippen LogP contribution in [-0.4, -0.2) is 25.1 Å². The molecular formula is C13H15N5. The molecule has 0 spiro atoms.